The number of aromatic amines is 1. The second-order valence-electron chi connectivity index (χ2n) is 7.79. The molecule has 4 bridgehead atoms. The molecule has 2 aromatic rings. The smallest absolute Gasteiger partial charge is 0.252 e. The van der Waals surface area contributed by atoms with Crippen molar-refractivity contribution in [2.45, 2.75) is 50.9 Å². The van der Waals surface area contributed by atoms with Crippen LogP contribution in [-0.4, -0.2) is 14.4 Å². The summed E-state index contributed by atoms with van der Waals surface area (Å²) in [5.74, 6) is 3.47. The van der Waals surface area contributed by atoms with E-state index < -0.39 is 0 Å². The van der Waals surface area contributed by atoms with Gasteiger partial charge in [0.25, 0.3) is 5.56 Å². The lowest BCUT2D eigenvalue weighted by Crippen LogP contribution is -2.48. The standard InChI is InChI=1S/C17H21N3O/c1-10-2-15(21)19-16-18-14(9-20(10)16)17-6-11-3-12(7-17)5-13(4-11)8-17/h2,9,11-13H,3-8H2,1H3,(H,18,19,21). The first-order chi connectivity index (χ1) is 10.1. The fraction of sp³-hybridized carbons (Fsp3) is 0.647. The van der Waals surface area contributed by atoms with Crippen molar-refractivity contribution in [1.29, 1.82) is 0 Å². The van der Waals surface area contributed by atoms with Gasteiger partial charge in [0.2, 0.25) is 5.78 Å². The minimum Gasteiger partial charge on any atom is -0.292 e. The van der Waals surface area contributed by atoms with Crippen molar-refractivity contribution in [1.82, 2.24) is 14.4 Å². The van der Waals surface area contributed by atoms with Gasteiger partial charge in [0.15, 0.2) is 0 Å². The molecule has 4 fully saturated rings. The normalized spacial score (nSPS) is 37.5. The fourth-order valence-corrected chi connectivity index (χ4v) is 5.82. The molecule has 110 valence electrons. The van der Waals surface area contributed by atoms with Crippen LogP contribution < -0.4 is 5.56 Å². The molecule has 6 rings (SSSR count). The SMILES string of the molecule is Cc1cc(=O)[nH]c2nc(C34CC5CC(CC(C5)C3)C4)cn12. The van der Waals surface area contributed by atoms with Gasteiger partial charge in [-0.25, -0.2) is 4.98 Å². The minimum atomic E-state index is -0.0531. The molecule has 0 radical (unpaired) electrons. The quantitative estimate of drug-likeness (QED) is 0.875. The van der Waals surface area contributed by atoms with Crippen LogP contribution in [0.15, 0.2) is 17.1 Å². The molecule has 4 heteroatoms. The van der Waals surface area contributed by atoms with Crippen LogP contribution in [0.25, 0.3) is 5.78 Å². The second kappa shape index (κ2) is 3.79. The number of H-pyrrole nitrogens is 1. The number of hydrogen-bond donors (Lipinski definition) is 1. The van der Waals surface area contributed by atoms with Gasteiger partial charge >= 0.3 is 0 Å². The average Bonchev–Trinajstić information content (AvgIpc) is 2.82. The summed E-state index contributed by atoms with van der Waals surface area (Å²) in [6.07, 6.45) is 10.5. The number of hydrogen-bond acceptors (Lipinski definition) is 2. The zero-order valence-corrected chi connectivity index (χ0v) is 12.4. The summed E-state index contributed by atoms with van der Waals surface area (Å²) in [5, 5.41) is 0. The highest BCUT2D eigenvalue weighted by atomic mass is 16.1. The van der Waals surface area contributed by atoms with Crippen molar-refractivity contribution in [3.05, 3.63) is 34.0 Å². The third-order valence-corrected chi connectivity index (χ3v) is 6.24. The van der Waals surface area contributed by atoms with Gasteiger partial charge < -0.3 is 0 Å². The van der Waals surface area contributed by atoms with E-state index in [0.29, 0.717) is 11.2 Å². The van der Waals surface area contributed by atoms with E-state index in [9.17, 15) is 4.79 Å². The van der Waals surface area contributed by atoms with E-state index in [1.165, 1.54) is 44.2 Å². The average molecular weight is 283 g/mol. The summed E-state index contributed by atoms with van der Waals surface area (Å²) in [6.45, 7) is 1.98. The zero-order valence-electron chi connectivity index (χ0n) is 12.4. The highest BCUT2D eigenvalue weighted by Crippen LogP contribution is 2.60. The highest BCUT2D eigenvalue weighted by Gasteiger charge is 2.52. The number of fused-ring (bicyclic) bond motifs is 1. The van der Waals surface area contributed by atoms with Crippen LogP contribution >= 0.6 is 0 Å². The monoisotopic (exact) mass is 283 g/mol. The lowest BCUT2D eigenvalue weighted by Gasteiger charge is -2.56. The number of nitrogens with one attached hydrogen (secondary N) is 1. The first-order valence-corrected chi connectivity index (χ1v) is 8.21. The summed E-state index contributed by atoms with van der Waals surface area (Å²) < 4.78 is 2.05. The van der Waals surface area contributed by atoms with Gasteiger partial charge in [-0.2, -0.15) is 0 Å². The number of rotatable bonds is 1. The van der Waals surface area contributed by atoms with Gasteiger partial charge in [-0.1, -0.05) is 0 Å². The Morgan fingerprint density at radius 3 is 2.43 bits per heavy atom. The van der Waals surface area contributed by atoms with Crippen molar-refractivity contribution in [2.24, 2.45) is 17.8 Å². The van der Waals surface area contributed by atoms with Crippen LogP contribution in [0, 0.1) is 24.7 Å². The number of aromatic nitrogens is 3. The van der Waals surface area contributed by atoms with Crippen LogP contribution in [-0.2, 0) is 5.41 Å². The molecule has 0 amide bonds. The van der Waals surface area contributed by atoms with Crippen LogP contribution in [0.5, 0.6) is 0 Å². The third-order valence-electron chi connectivity index (χ3n) is 6.24. The van der Waals surface area contributed by atoms with E-state index in [1.807, 2.05) is 6.92 Å². The Morgan fingerprint density at radius 1 is 1.19 bits per heavy atom. The number of imidazole rings is 1. The summed E-state index contributed by atoms with van der Waals surface area (Å²) in [7, 11) is 0. The maximum absolute atomic E-state index is 11.7. The Kier molecular flexibility index (Phi) is 2.17. The lowest BCUT2D eigenvalue weighted by molar-refractivity contribution is -0.00698. The van der Waals surface area contributed by atoms with E-state index in [1.54, 1.807) is 6.07 Å². The Bertz CT molecular complexity index is 750. The molecule has 4 aliphatic carbocycles. The van der Waals surface area contributed by atoms with E-state index >= 15 is 0 Å². The molecule has 0 spiro atoms. The van der Waals surface area contributed by atoms with Gasteiger partial charge in [-0.05, 0) is 63.2 Å². The number of nitrogens with zero attached hydrogens (tertiary/aromatic N) is 2. The first kappa shape index (κ1) is 12.0. The first-order valence-electron chi connectivity index (χ1n) is 8.21. The van der Waals surface area contributed by atoms with Crippen molar-refractivity contribution in [3.8, 4) is 0 Å². The summed E-state index contributed by atoms with van der Waals surface area (Å²) in [6, 6.07) is 1.65. The molecule has 0 atom stereocenters. The van der Waals surface area contributed by atoms with Gasteiger partial charge in [-0.15, -0.1) is 0 Å². The van der Waals surface area contributed by atoms with E-state index in [2.05, 4.69) is 15.6 Å². The molecular weight excluding hydrogens is 262 g/mol. The van der Waals surface area contributed by atoms with Crippen LogP contribution in [0.2, 0.25) is 0 Å². The van der Waals surface area contributed by atoms with Crippen molar-refractivity contribution < 1.29 is 0 Å². The lowest BCUT2D eigenvalue weighted by atomic mass is 9.49. The number of aryl methyl sites for hydroxylation is 1. The van der Waals surface area contributed by atoms with Crippen molar-refractivity contribution >= 4 is 5.78 Å². The molecule has 0 saturated heterocycles. The maximum atomic E-state index is 11.7. The topological polar surface area (TPSA) is 50.2 Å². The summed E-state index contributed by atoms with van der Waals surface area (Å²) in [5.41, 5.74) is 2.44. The second-order valence-corrected chi connectivity index (χ2v) is 7.79. The third kappa shape index (κ3) is 1.62. The van der Waals surface area contributed by atoms with Crippen LogP contribution in [0.4, 0.5) is 0 Å². The molecule has 4 aliphatic rings. The molecule has 2 aromatic heterocycles. The molecule has 0 unspecified atom stereocenters. The molecule has 0 aliphatic heterocycles. The predicted octanol–water partition coefficient (Wildman–Crippen LogP) is 2.80. The van der Waals surface area contributed by atoms with Gasteiger partial charge in [0, 0.05) is 23.4 Å². The Labute approximate surface area is 123 Å². The Hall–Kier alpha value is -1.58. The zero-order chi connectivity index (χ0) is 14.2. The minimum absolute atomic E-state index is 0.0531. The molecule has 2 heterocycles. The molecule has 4 nitrogen and oxygen atoms in total. The van der Waals surface area contributed by atoms with E-state index in [4.69, 9.17) is 4.98 Å². The molecular formula is C17H21N3O. The fourth-order valence-electron chi connectivity index (χ4n) is 5.82. The molecule has 21 heavy (non-hydrogen) atoms. The van der Waals surface area contributed by atoms with Gasteiger partial charge in [0.05, 0.1) is 5.69 Å². The van der Waals surface area contributed by atoms with Crippen molar-refractivity contribution in [3.63, 3.8) is 0 Å². The van der Waals surface area contributed by atoms with E-state index in [0.717, 1.165) is 23.4 Å². The molecule has 0 aromatic carbocycles. The maximum Gasteiger partial charge on any atom is 0.252 e. The van der Waals surface area contributed by atoms with Crippen molar-refractivity contribution in [2.75, 3.05) is 0 Å². The predicted molar refractivity (Wildman–Crippen MR) is 80.4 cm³/mol. The van der Waals surface area contributed by atoms with Crippen LogP contribution in [0.1, 0.15) is 49.9 Å². The van der Waals surface area contributed by atoms with Crippen LogP contribution in [0.3, 0.4) is 0 Å². The summed E-state index contributed by atoms with van der Waals surface area (Å²) in [4.78, 5) is 19.4. The Morgan fingerprint density at radius 2 is 1.81 bits per heavy atom. The summed E-state index contributed by atoms with van der Waals surface area (Å²) >= 11 is 0. The largest absolute Gasteiger partial charge is 0.292 e. The Balaban J connectivity index is 1.67. The van der Waals surface area contributed by atoms with Gasteiger partial charge in [0.1, 0.15) is 0 Å². The highest BCUT2D eigenvalue weighted by molar-refractivity contribution is 5.36. The van der Waals surface area contributed by atoms with E-state index in [-0.39, 0.29) is 5.56 Å². The molecule has 4 saturated carbocycles. The van der Waals surface area contributed by atoms with Gasteiger partial charge in [-0.3, -0.25) is 14.2 Å². The molecule has 1 N–H and O–H groups in total.